The van der Waals surface area contributed by atoms with Crippen molar-refractivity contribution >= 4 is 18.4 Å². The molecule has 0 bridgehead atoms. The van der Waals surface area contributed by atoms with Crippen molar-refractivity contribution in [2.24, 2.45) is 0 Å². The Kier molecular flexibility index (Phi) is 4.41. The number of nitrogens with one attached hydrogen (secondary N) is 1. The molecule has 1 heterocycles. The Labute approximate surface area is 84.7 Å². The number of hydrogen-bond acceptors (Lipinski definition) is 3. The summed E-state index contributed by atoms with van der Waals surface area (Å²) in [5.41, 5.74) is -0.733. The molecule has 7 heteroatoms. The van der Waals surface area contributed by atoms with Gasteiger partial charge in [-0.2, -0.15) is 13.2 Å². The van der Waals surface area contributed by atoms with E-state index in [2.05, 4.69) is 10.1 Å². The molecule has 0 aromatic rings. The molecule has 0 aromatic heterocycles. The van der Waals surface area contributed by atoms with Crippen LogP contribution >= 0.6 is 12.4 Å². The fourth-order valence-corrected chi connectivity index (χ4v) is 1.01. The Morgan fingerprint density at radius 3 is 2.57 bits per heavy atom. The molecule has 0 spiro atoms. The fourth-order valence-electron chi connectivity index (χ4n) is 1.01. The van der Waals surface area contributed by atoms with E-state index >= 15 is 0 Å². The lowest BCUT2D eigenvalue weighted by atomic mass is 10.2. The van der Waals surface area contributed by atoms with E-state index in [-0.39, 0.29) is 19.0 Å². The maximum absolute atomic E-state index is 12.0. The van der Waals surface area contributed by atoms with Gasteiger partial charge in [-0.3, -0.25) is 10.1 Å². The van der Waals surface area contributed by atoms with Crippen molar-refractivity contribution in [1.82, 2.24) is 5.32 Å². The molecular formula is C7H9ClF3NO2. The first-order valence-corrected chi connectivity index (χ1v) is 3.54. The molecular weight excluding hydrogens is 223 g/mol. The highest BCUT2D eigenvalue weighted by Gasteiger charge is 2.38. The average molecular weight is 232 g/mol. The third-order valence-electron chi connectivity index (χ3n) is 1.70. The van der Waals surface area contributed by atoms with E-state index < -0.39 is 23.8 Å². The molecule has 14 heavy (non-hydrogen) atoms. The molecule has 82 valence electrons. The summed E-state index contributed by atoms with van der Waals surface area (Å²) in [4.78, 5) is 10.8. The number of alkyl halides is 3. The number of carbonyl (C=O) groups is 1. The Balaban J connectivity index is 0.00000169. The maximum atomic E-state index is 12.0. The van der Waals surface area contributed by atoms with E-state index in [1.807, 2.05) is 0 Å². The first-order valence-electron chi connectivity index (χ1n) is 3.54. The smallest absolute Gasteiger partial charge is 0.413 e. The summed E-state index contributed by atoms with van der Waals surface area (Å²) >= 11 is 0. The molecule has 0 saturated carbocycles. The number of rotatable bonds is 1. The van der Waals surface area contributed by atoms with Gasteiger partial charge >= 0.3 is 12.1 Å². The van der Waals surface area contributed by atoms with Crippen LogP contribution in [0.25, 0.3) is 0 Å². The summed E-state index contributed by atoms with van der Waals surface area (Å²) in [5.74, 6) is -0.709. The molecule has 0 saturated heterocycles. The molecule has 1 atom stereocenters. The number of hydrogen-bond donors (Lipinski definition) is 1. The highest BCUT2D eigenvalue weighted by Crippen LogP contribution is 2.27. The van der Waals surface area contributed by atoms with Crippen LogP contribution in [-0.2, 0) is 9.53 Å². The maximum Gasteiger partial charge on any atom is 0.413 e. The molecule has 1 unspecified atom stereocenters. The van der Waals surface area contributed by atoms with E-state index in [4.69, 9.17) is 0 Å². The lowest BCUT2D eigenvalue weighted by Crippen LogP contribution is -2.32. The Bertz CT molecular complexity index is 252. The first kappa shape index (κ1) is 13.2. The van der Waals surface area contributed by atoms with Crippen LogP contribution in [0.5, 0.6) is 0 Å². The minimum atomic E-state index is -4.37. The van der Waals surface area contributed by atoms with Crippen LogP contribution < -0.4 is 5.32 Å². The molecule has 0 amide bonds. The lowest BCUT2D eigenvalue weighted by Gasteiger charge is -2.05. The topological polar surface area (TPSA) is 38.3 Å². The Morgan fingerprint density at radius 1 is 1.64 bits per heavy atom. The molecule has 1 N–H and O–H groups in total. The molecule has 0 radical (unpaired) electrons. The monoisotopic (exact) mass is 231 g/mol. The van der Waals surface area contributed by atoms with Crippen molar-refractivity contribution in [1.29, 1.82) is 0 Å². The quantitative estimate of drug-likeness (QED) is 0.541. The number of carbonyl (C=O) groups excluding carboxylic acids is 1. The normalized spacial score (nSPS) is 21.1. The van der Waals surface area contributed by atoms with E-state index in [0.29, 0.717) is 0 Å². The fraction of sp³-hybridized carbons (Fsp3) is 0.571. The highest BCUT2D eigenvalue weighted by molar-refractivity contribution is 5.85. The molecule has 1 rings (SSSR count). The van der Waals surface area contributed by atoms with Gasteiger partial charge in [-0.25, -0.2) is 0 Å². The second kappa shape index (κ2) is 4.65. The van der Waals surface area contributed by atoms with Crippen molar-refractivity contribution in [3.05, 3.63) is 11.6 Å². The van der Waals surface area contributed by atoms with Gasteiger partial charge in [0.25, 0.3) is 0 Å². The summed E-state index contributed by atoms with van der Waals surface area (Å²) in [6, 6.07) is -0.971. The average Bonchev–Trinajstić information content (AvgIpc) is 2.50. The number of methoxy groups -OCH3 is 1. The highest BCUT2D eigenvalue weighted by atomic mass is 35.5. The van der Waals surface area contributed by atoms with Crippen molar-refractivity contribution in [2.45, 2.75) is 12.2 Å². The molecule has 1 aliphatic rings. The number of esters is 1. The third kappa shape index (κ3) is 2.88. The van der Waals surface area contributed by atoms with E-state index in [0.717, 1.165) is 13.2 Å². The summed E-state index contributed by atoms with van der Waals surface area (Å²) in [7, 11) is 1.13. The van der Waals surface area contributed by atoms with Crippen LogP contribution in [0.3, 0.4) is 0 Å². The standard InChI is InChI=1S/C7H8F3NO2.ClH/c1-13-6(12)5-2-4(3-11-5)7(8,9)10;/h2,5,11H,3H2,1H3;1H. The predicted molar refractivity (Wildman–Crippen MR) is 45.2 cm³/mol. The van der Waals surface area contributed by atoms with E-state index in [9.17, 15) is 18.0 Å². The summed E-state index contributed by atoms with van der Waals surface area (Å²) in [5, 5.41) is 2.38. The van der Waals surface area contributed by atoms with Gasteiger partial charge in [0.1, 0.15) is 6.04 Å². The zero-order valence-electron chi connectivity index (χ0n) is 7.22. The largest absolute Gasteiger partial charge is 0.468 e. The van der Waals surface area contributed by atoms with E-state index in [1.165, 1.54) is 0 Å². The summed E-state index contributed by atoms with van der Waals surface area (Å²) in [6.45, 7) is -0.344. The van der Waals surface area contributed by atoms with Crippen molar-refractivity contribution in [2.75, 3.05) is 13.7 Å². The summed E-state index contributed by atoms with van der Waals surface area (Å²) < 4.78 is 40.4. The van der Waals surface area contributed by atoms with Gasteiger partial charge in [0.15, 0.2) is 0 Å². The van der Waals surface area contributed by atoms with Gasteiger partial charge in [0.05, 0.1) is 7.11 Å². The first-order chi connectivity index (χ1) is 5.95. The zero-order valence-corrected chi connectivity index (χ0v) is 8.04. The van der Waals surface area contributed by atoms with E-state index in [1.54, 1.807) is 0 Å². The van der Waals surface area contributed by atoms with Crippen molar-refractivity contribution < 1.29 is 22.7 Å². The minimum absolute atomic E-state index is 0. The van der Waals surface area contributed by atoms with Gasteiger partial charge in [-0.15, -0.1) is 12.4 Å². The molecule has 1 aliphatic heterocycles. The van der Waals surface area contributed by atoms with Crippen LogP contribution in [0.2, 0.25) is 0 Å². The second-order valence-electron chi connectivity index (χ2n) is 2.57. The molecule has 0 fully saturated rings. The van der Waals surface area contributed by atoms with Gasteiger partial charge in [-0.1, -0.05) is 0 Å². The SMILES string of the molecule is COC(=O)C1C=C(C(F)(F)F)CN1.Cl. The van der Waals surface area contributed by atoms with Crippen LogP contribution in [-0.4, -0.2) is 31.8 Å². The lowest BCUT2D eigenvalue weighted by molar-refractivity contribution is -0.141. The molecule has 0 aromatic carbocycles. The zero-order chi connectivity index (χ0) is 10.1. The van der Waals surface area contributed by atoms with Gasteiger partial charge in [-0.05, 0) is 6.08 Å². The van der Waals surface area contributed by atoms with Crippen LogP contribution in [0, 0.1) is 0 Å². The van der Waals surface area contributed by atoms with Crippen LogP contribution in [0.15, 0.2) is 11.6 Å². The second-order valence-corrected chi connectivity index (χ2v) is 2.57. The predicted octanol–water partition coefficient (Wildman–Crippen LogP) is 1.04. The van der Waals surface area contributed by atoms with Gasteiger partial charge in [0, 0.05) is 12.1 Å². The van der Waals surface area contributed by atoms with Gasteiger partial charge in [0.2, 0.25) is 0 Å². The van der Waals surface area contributed by atoms with Crippen molar-refractivity contribution in [3.63, 3.8) is 0 Å². The van der Waals surface area contributed by atoms with Crippen LogP contribution in [0.1, 0.15) is 0 Å². The number of ether oxygens (including phenoxy) is 1. The Hall–Kier alpha value is -0.750. The Morgan fingerprint density at radius 2 is 2.21 bits per heavy atom. The van der Waals surface area contributed by atoms with Crippen LogP contribution in [0.4, 0.5) is 13.2 Å². The number of halogens is 4. The third-order valence-corrected chi connectivity index (χ3v) is 1.70. The summed E-state index contributed by atoms with van der Waals surface area (Å²) in [6.07, 6.45) is -3.53. The molecule has 3 nitrogen and oxygen atoms in total. The molecule has 0 aliphatic carbocycles. The van der Waals surface area contributed by atoms with Crippen molar-refractivity contribution in [3.8, 4) is 0 Å². The minimum Gasteiger partial charge on any atom is -0.468 e. The van der Waals surface area contributed by atoms with Gasteiger partial charge < -0.3 is 4.74 Å².